The van der Waals surface area contributed by atoms with Crippen LogP contribution in [0.2, 0.25) is 0 Å². The molecule has 1 unspecified atom stereocenters. The second-order valence-electron chi connectivity index (χ2n) is 5.45. The molecule has 1 atom stereocenters. The van der Waals surface area contributed by atoms with Gasteiger partial charge in [-0.25, -0.2) is 0 Å². The molecule has 0 bridgehead atoms. The van der Waals surface area contributed by atoms with Gasteiger partial charge in [-0.3, -0.25) is 4.68 Å². The summed E-state index contributed by atoms with van der Waals surface area (Å²) < 4.78 is 7.34. The van der Waals surface area contributed by atoms with Gasteiger partial charge in [-0.1, -0.05) is 0 Å². The first-order valence-corrected chi connectivity index (χ1v) is 7.08. The van der Waals surface area contributed by atoms with Crippen LogP contribution in [0, 0.1) is 12.8 Å². The van der Waals surface area contributed by atoms with Crippen molar-refractivity contribution in [3.8, 4) is 0 Å². The van der Waals surface area contributed by atoms with Gasteiger partial charge < -0.3 is 15.0 Å². The molecule has 1 aliphatic heterocycles. The molecule has 0 aliphatic carbocycles. The fourth-order valence-corrected chi connectivity index (χ4v) is 3.10. The van der Waals surface area contributed by atoms with Crippen LogP contribution < -0.4 is 10.2 Å². The number of rotatable bonds is 5. The van der Waals surface area contributed by atoms with Crippen molar-refractivity contribution in [2.75, 3.05) is 38.8 Å². The maximum absolute atomic E-state index is 5.32. The monoisotopic (exact) mass is 266 g/mol. The van der Waals surface area contributed by atoms with Crippen molar-refractivity contribution in [3.05, 3.63) is 11.3 Å². The number of hydrogen-bond acceptors (Lipinski definition) is 4. The first kappa shape index (κ1) is 14.3. The molecule has 2 heterocycles. The highest BCUT2D eigenvalue weighted by Gasteiger charge is 2.25. The third-order valence-corrected chi connectivity index (χ3v) is 3.89. The van der Waals surface area contributed by atoms with Crippen molar-refractivity contribution in [1.29, 1.82) is 0 Å². The third-order valence-electron chi connectivity index (χ3n) is 3.89. The van der Waals surface area contributed by atoms with Crippen molar-refractivity contribution in [2.24, 2.45) is 13.0 Å². The predicted molar refractivity (Wildman–Crippen MR) is 77.5 cm³/mol. The lowest BCUT2D eigenvalue weighted by molar-refractivity contribution is 0.143. The Balaban J connectivity index is 2.20. The zero-order valence-electron chi connectivity index (χ0n) is 12.6. The minimum absolute atomic E-state index is 0.636. The Kier molecular flexibility index (Phi) is 4.82. The number of nitrogens with zero attached hydrogens (tertiary/aromatic N) is 3. The lowest BCUT2D eigenvalue weighted by atomic mass is 9.98. The number of aromatic nitrogens is 2. The van der Waals surface area contributed by atoms with Gasteiger partial charge in [0.15, 0.2) is 0 Å². The summed E-state index contributed by atoms with van der Waals surface area (Å²) in [6.07, 6.45) is 2.50. The quantitative estimate of drug-likeness (QED) is 0.872. The lowest BCUT2D eigenvalue weighted by Crippen LogP contribution is -2.38. The molecule has 0 radical (unpaired) electrons. The summed E-state index contributed by atoms with van der Waals surface area (Å²) in [6.45, 7) is 6.02. The van der Waals surface area contributed by atoms with Crippen LogP contribution in [0.5, 0.6) is 0 Å². The number of anilines is 1. The molecular formula is C14H26N4O. The first-order valence-electron chi connectivity index (χ1n) is 7.08. The van der Waals surface area contributed by atoms with Gasteiger partial charge in [0.2, 0.25) is 0 Å². The molecule has 1 aromatic heterocycles. The van der Waals surface area contributed by atoms with Crippen LogP contribution in [0.4, 0.5) is 5.82 Å². The van der Waals surface area contributed by atoms with E-state index < -0.39 is 0 Å². The summed E-state index contributed by atoms with van der Waals surface area (Å²) >= 11 is 0. The van der Waals surface area contributed by atoms with Gasteiger partial charge in [0.05, 0.1) is 12.3 Å². The van der Waals surface area contributed by atoms with Crippen molar-refractivity contribution < 1.29 is 4.74 Å². The summed E-state index contributed by atoms with van der Waals surface area (Å²) in [6, 6.07) is 0. The summed E-state index contributed by atoms with van der Waals surface area (Å²) in [4.78, 5) is 2.47. The normalized spacial score (nSPS) is 20.0. The fourth-order valence-electron chi connectivity index (χ4n) is 3.10. The maximum atomic E-state index is 5.32. The van der Waals surface area contributed by atoms with Crippen molar-refractivity contribution in [2.45, 2.75) is 26.3 Å². The van der Waals surface area contributed by atoms with E-state index in [1.165, 1.54) is 24.2 Å². The molecule has 2 rings (SSSR count). The fraction of sp³-hybridized carbons (Fsp3) is 0.786. The highest BCUT2D eigenvalue weighted by molar-refractivity contribution is 5.50. The number of piperidine rings is 1. The van der Waals surface area contributed by atoms with Gasteiger partial charge in [-0.2, -0.15) is 5.10 Å². The van der Waals surface area contributed by atoms with Gasteiger partial charge >= 0.3 is 0 Å². The SMILES string of the molecule is CNCc1c(C)nn(C)c1N1CCCC(COC)C1. The van der Waals surface area contributed by atoms with Crippen LogP contribution in [-0.4, -0.2) is 43.6 Å². The van der Waals surface area contributed by atoms with Crippen LogP contribution in [0.15, 0.2) is 0 Å². The number of hydrogen-bond donors (Lipinski definition) is 1. The van der Waals surface area contributed by atoms with E-state index in [1.54, 1.807) is 7.11 Å². The predicted octanol–water partition coefficient (Wildman–Crippen LogP) is 1.31. The summed E-state index contributed by atoms with van der Waals surface area (Å²) in [7, 11) is 5.82. The Labute approximate surface area is 115 Å². The molecule has 1 saturated heterocycles. The molecule has 5 heteroatoms. The zero-order chi connectivity index (χ0) is 13.8. The number of nitrogens with one attached hydrogen (secondary N) is 1. The van der Waals surface area contributed by atoms with E-state index >= 15 is 0 Å². The minimum Gasteiger partial charge on any atom is -0.384 e. The molecule has 0 spiro atoms. The minimum atomic E-state index is 0.636. The molecule has 1 N–H and O–H groups in total. The first-order chi connectivity index (χ1) is 9.17. The van der Waals surface area contributed by atoms with Crippen LogP contribution in [0.25, 0.3) is 0 Å². The molecule has 1 aromatic rings. The van der Waals surface area contributed by atoms with Crippen molar-refractivity contribution in [3.63, 3.8) is 0 Å². The Hall–Kier alpha value is -1.07. The number of aryl methyl sites for hydroxylation is 2. The zero-order valence-corrected chi connectivity index (χ0v) is 12.6. The molecule has 1 fully saturated rings. The highest BCUT2D eigenvalue weighted by Crippen LogP contribution is 2.28. The van der Waals surface area contributed by atoms with E-state index in [0.29, 0.717) is 5.92 Å². The Morgan fingerprint density at radius 1 is 1.47 bits per heavy atom. The maximum Gasteiger partial charge on any atom is 0.131 e. The molecule has 0 amide bonds. The average molecular weight is 266 g/mol. The molecule has 0 saturated carbocycles. The smallest absolute Gasteiger partial charge is 0.131 e. The van der Waals surface area contributed by atoms with Crippen LogP contribution in [-0.2, 0) is 18.3 Å². The topological polar surface area (TPSA) is 42.3 Å². The van der Waals surface area contributed by atoms with Gasteiger partial charge in [0, 0.05) is 39.4 Å². The van der Waals surface area contributed by atoms with E-state index in [0.717, 1.165) is 31.9 Å². The number of methoxy groups -OCH3 is 1. The van der Waals surface area contributed by atoms with Gasteiger partial charge in [-0.05, 0) is 32.7 Å². The van der Waals surface area contributed by atoms with E-state index in [-0.39, 0.29) is 0 Å². The molecule has 19 heavy (non-hydrogen) atoms. The number of ether oxygens (including phenoxy) is 1. The molecule has 5 nitrogen and oxygen atoms in total. The lowest BCUT2D eigenvalue weighted by Gasteiger charge is -2.34. The Morgan fingerprint density at radius 2 is 2.26 bits per heavy atom. The standard InChI is InChI=1S/C14H26N4O/c1-11-13(8-15-2)14(17(3)16-11)18-7-5-6-12(9-18)10-19-4/h12,15H,5-10H2,1-4H3. The highest BCUT2D eigenvalue weighted by atomic mass is 16.5. The van der Waals surface area contributed by atoms with Gasteiger partial charge in [0.1, 0.15) is 5.82 Å². The molecule has 0 aromatic carbocycles. The molecule has 108 valence electrons. The largest absolute Gasteiger partial charge is 0.384 e. The van der Waals surface area contributed by atoms with Crippen LogP contribution >= 0.6 is 0 Å². The molecule has 1 aliphatic rings. The molecular weight excluding hydrogens is 240 g/mol. The van der Waals surface area contributed by atoms with Gasteiger partial charge in [-0.15, -0.1) is 0 Å². The van der Waals surface area contributed by atoms with E-state index in [1.807, 2.05) is 18.8 Å². The van der Waals surface area contributed by atoms with Crippen LogP contribution in [0.3, 0.4) is 0 Å². The summed E-state index contributed by atoms with van der Waals surface area (Å²) in [5.74, 6) is 1.91. The Bertz CT molecular complexity index is 414. The Morgan fingerprint density at radius 3 is 2.95 bits per heavy atom. The second kappa shape index (κ2) is 6.39. The van der Waals surface area contributed by atoms with Crippen molar-refractivity contribution >= 4 is 5.82 Å². The average Bonchev–Trinajstić information content (AvgIpc) is 2.66. The van der Waals surface area contributed by atoms with Crippen molar-refractivity contribution in [1.82, 2.24) is 15.1 Å². The summed E-state index contributed by atoms with van der Waals surface area (Å²) in [5.41, 5.74) is 2.45. The van der Waals surface area contributed by atoms with E-state index in [9.17, 15) is 0 Å². The van der Waals surface area contributed by atoms with Crippen LogP contribution in [0.1, 0.15) is 24.1 Å². The van der Waals surface area contributed by atoms with E-state index in [4.69, 9.17) is 4.74 Å². The van der Waals surface area contributed by atoms with E-state index in [2.05, 4.69) is 22.2 Å². The van der Waals surface area contributed by atoms with Gasteiger partial charge in [0.25, 0.3) is 0 Å². The third kappa shape index (κ3) is 3.09. The summed E-state index contributed by atoms with van der Waals surface area (Å²) in [5, 5.41) is 7.83. The second-order valence-corrected chi connectivity index (χ2v) is 5.45.